The summed E-state index contributed by atoms with van der Waals surface area (Å²) in [7, 11) is 0. The van der Waals surface area contributed by atoms with Crippen LogP contribution in [0.15, 0.2) is 24.7 Å². The third-order valence-corrected chi connectivity index (χ3v) is 2.82. The number of pyridine rings is 1. The summed E-state index contributed by atoms with van der Waals surface area (Å²) in [6.45, 7) is 0. The maximum Gasteiger partial charge on any atom is 0.418 e. The zero-order valence-electron chi connectivity index (χ0n) is 8.22. The summed E-state index contributed by atoms with van der Waals surface area (Å²) >= 11 is 1.63. The molecule has 8 heteroatoms. The molecule has 0 aliphatic rings. The number of aromatic amines is 1. The number of alkyl halides is 3. The van der Waals surface area contributed by atoms with E-state index in [1.165, 1.54) is 12.3 Å². The van der Waals surface area contributed by atoms with Gasteiger partial charge in [0.2, 0.25) is 0 Å². The second-order valence-corrected chi connectivity index (χ2v) is 4.32. The van der Waals surface area contributed by atoms with Crippen molar-refractivity contribution in [3.63, 3.8) is 0 Å². The molecule has 0 fully saturated rings. The van der Waals surface area contributed by atoms with E-state index in [-0.39, 0.29) is 3.57 Å². The second kappa shape index (κ2) is 4.51. The van der Waals surface area contributed by atoms with Crippen molar-refractivity contribution in [2.75, 3.05) is 5.32 Å². The van der Waals surface area contributed by atoms with Gasteiger partial charge in [-0.2, -0.15) is 18.3 Å². The van der Waals surface area contributed by atoms with Crippen LogP contribution < -0.4 is 5.32 Å². The van der Waals surface area contributed by atoms with E-state index in [9.17, 15) is 13.2 Å². The van der Waals surface area contributed by atoms with Gasteiger partial charge in [-0.25, -0.2) is 4.98 Å². The van der Waals surface area contributed by atoms with Crippen LogP contribution in [0.1, 0.15) is 5.56 Å². The van der Waals surface area contributed by atoms with Gasteiger partial charge < -0.3 is 5.32 Å². The number of aromatic nitrogens is 3. The molecule has 0 aromatic carbocycles. The van der Waals surface area contributed by atoms with Crippen LogP contribution in [0.3, 0.4) is 0 Å². The van der Waals surface area contributed by atoms with E-state index in [0.717, 1.165) is 6.20 Å². The van der Waals surface area contributed by atoms with Gasteiger partial charge in [0.25, 0.3) is 0 Å². The zero-order valence-corrected chi connectivity index (χ0v) is 10.4. The molecule has 0 saturated carbocycles. The van der Waals surface area contributed by atoms with Crippen molar-refractivity contribution < 1.29 is 13.2 Å². The van der Waals surface area contributed by atoms with E-state index in [1.54, 1.807) is 28.8 Å². The lowest BCUT2D eigenvalue weighted by Gasteiger charge is -2.10. The molecule has 0 aliphatic carbocycles. The molecule has 0 bridgehead atoms. The quantitative estimate of drug-likeness (QED) is 0.815. The summed E-state index contributed by atoms with van der Waals surface area (Å²) in [5, 5.41) is 9.10. The highest BCUT2D eigenvalue weighted by atomic mass is 127. The van der Waals surface area contributed by atoms with Gasteiger partial charge >= 0.3 is 6.18 Å². The average molecular weight is 354 g/mol. The van der Waals surface area contributed by atoms with E-state index in [2.05, 4.69) is 20.5 Å². The van der Waals surface area contributed by atoms with E-state index in [1.807, 2.05) is 0 Å². The van der Waals surface area contributed by atoms with E-state index < -0.39 is 11.7 Å². The molecule has 2 aromatic heterocycles. The number of H-pyrrole nitrogens is 1. The van der Waals surface area contributed by atoms with E-state index in [0.29, 0.717) is 11.5 Å². The number of nitrogens with zero attached hydrogens (tertiary/aromatic N) is 2. The molecule has 0 radical (unpaired) electrons. The number of anilines is 2. The minimum absolute atomic E-state index is 0.0936. The van der Waals surface area contributed by atoms with Gasteiger partial charge in [-0.3, -0.25) is 5.10 Å². The largest absolute Gasteiger partial charge is 0.418 e. The minimum atomic E-state index is -4.38. The number of halogens is 4. The molecule has 2 aromatic rings. The van der Waals surface area contributed by atoms with Gasteiger partial charge in [-0.15, -0.1) is 0 Å². The molecule has 0 saturated heterocycles. The predicted molar refractivity (Wildman–Crippen MR) is 63.8 cm³/mol. The van der Waals surface area contributed by atoms with Crippen LogP contribution in [0.25, 0.3) is 0 Å². The standard InChI is InChI=1S/C9H6F3IN4/c10-9(11,12)6-4-14-8(1-7(6)13)17-5-2-15-16-3-5/h1-4H,(H,14,17)(H,15,16). The van der Waals surface area contributed by atoms with Crippen molar-refractivity contribution in [1.29, 1.82) is 0 Å². The first kappa shape index (κ1) is 12.1. The van der Waals surface area contributed by atoms with Gasteiger partial charge in [0.05, 0.1) is 17.4 Å². The van der Waals surface area contributed by atoms with Crippen LogP contribution in [0.5, 0.6) is 0 Å². The topological polar surface area (TPSA) is 53.6 Å². The van der Waals surface area contributed by atoms with Crippen LogP contribution >= 0.6 is 22.6 Å². The smallest absolute Gasteiger partial charge is 0.338 e. The van der Waals surface area contributed by atoms with Crippen molar-refractivity contribution in [2.45, 2.75) is 6.18 Å². The first-order chi connectivity index (χ1) is 7.97. The number of hydrogen-bond acceptors (Lipinski definition) is 3. The Bertz CT molecular complexity index is 509. The van der Waals surface area contributed by atoms with Crippen LogP contribution in [-0.4, -0.2) is 15.2 Å². The number of hydrogen-bond donors (Lipinski definition) is 2. The molecular weight excluding hydrogens is 348 g/mol. The Morgan fingerprint density at radius 3 is 2.59 bits per heavy atom. The van der Waals surface area contributed by atoms with Crippen molar-refractivity contribution in [1.82, 2.24) is 15.2 Å². The molecule has 0 unspecified atom stereocenters. The van der Waals surface area contributed by atoms with Crippen LogP contribution in [-0.2, 0) is 6.18 Å². The van der Waals surface area contributed by atoms with Gasteiger partial charge in [0.1, 0.15) is 5.82 Å². The second-order valence-electron chi connectivity index (χ2n) is 3.16. The third kappa shape index (κ3) is 2.87. The SMILES string of the molecule is FC(F)(F)c1cnc(Nc2cn[nH]c2)cc1I. The van der Waals surface area contributed by atoms with E-state index >= 15 is 0 Å². The first-order valence-electron chi connectivity index (χ1n) is 4.45. The summed E-state index contributed by atoms with van der Waals surface area (Å²) in [6, 6.07) is 1.33. The number of nitrogens with one attached hydrogen (secondary N) is 2. The average Bonchev–Trinajstić information content (AvgIpc) is 2.68. The maximum absolute atomic E-state index is 12.5. The normalized spacial score (nSPS) is 11.5. The Morgan fingerprint density at radius 2 is 2.06 bits per heavy atom. The summed E-state index contributed by atoms with van der Waals surface area (Å²) in [5.74, 6) is 0.337. The molecule has 2 rings (SSSR count). The lowest BCUT2D eigenvalue weighted by Crippen LogP contribution is -2.08. The van der Waals surface area contributed by atoms with E-state index in [4.69, 9.17) is 0 Å². The molecule has 0 aliphatic heterocycles. The van der Waals surface area contributed by atoms with Gasteiger partial charge in [0, 0.05) is 16.0 Å². The van der Waals surface area contributed by atoms with Crippen molar-refractivity contribution >= 4 is 34.1 Å². The van der Waals surface area contributed by atoms with Crippen molar-refractivity contribution in [2.24, 2.45) is 0 Å². The molecular formula is C9H6F3IN4. The van der Waals surface area contributed by atoms with Gasteiger partial charge in [-0.05, 0) is 28.7 Å². The summed E-state index contributed by atoms with van der Waals surface area (Å²) in [6.07, 6.45) is -0.486. The molecule has 4 nitrogen and oxygen atoms in total. The molecule has 0 amide bonds. The van der Waals surface area contributed by atoms with Crippen molar-refractivity contribution in [3.8, 4) is 0 Å². The first-order valence-corrected chi connectivity index (χ1v) is 5.53. The van der Waals surface area contributed by atoms with Gasteiger partial charge in [-0.1, -0.05) is 0 Å². The lowest BCUT2D eigenvalue weighted by atomic mass is 10.3. The minimum Gasteiger partial charge on any atom is -0.338 e. The molecule has 17 heavy (non-hydrogen) atoms. The highest BCUT2D eigenvalue weighted by Crippen LogP contribution is 2.33. The highest BCUT2D eigenvalue weighted by Gasteiger charge is 2.33. The highest BCUT2D eigenvalue weighted by molar-refractivity contribution is 14.1. The molecule has 90 valence electrons. The third-order valence-electron chi connectivity index (χ3n) is 1.93. The van der Waals surface area contributed by atoms with Gasteiger partial charge in [0.15, 0.2) is 0 Å². The Hall–Kier alpha value is -1.32. The number of rotatable bonds is 2. The maximum atomic E-state index is 12.5. The summed E-state index contributed by atoms with van der Waals surface area (Å²) < 4.78 is 37.5. The van der Waals surface area contributed by atoms with Crippen LogP contribution in [0, 0.1) is 3.57 Å². The Labute approximate surface area is 108 Å². The van der Waals surface area contributed by atoms with Crippen LogP contribution in [0.4, 0.5) is 24.7 Å². The predicted octanol–water partition coefficient (Wildman–Crippen LogP) is 3.17. The molecule has 2 N–H and O–H groups in total. The van der Waals surface area contributed by atoms with Crippen LogP contribution in [0.2, 0.25) is 0 Å². The molecule has 2 heterocycles. The Balaban J connectivity index is 2.25. The summed E-state index contributed by atoms with van der Waals surface area (Å²) in [5.41, 5.74) is -0.107. The Kier molecular flexibility index (Phi) is 3.22. The molecule has 0 atom stereocenters. The fraction of sp³-hybridized carbons (Fsp3) is 0.111. The summed E-state index contributed by atoms with van der Waals surface area (Å²) in [4.78, 5) is 3.70. The van der Waals surface area contributed by atoms with Crippen molar-refractivity contribution in [3.05, 3.63) is 33.8 Å². The lowest BCUT2D eigenvalue weighted by molar-refractivity contribution is -0.138. The monoisotopic (exact) mass is 354 g/mol. The fourth-order valence-corrected chi connectivity index (χ4v) is 1.91. The fourth-order valence-electron chi connectivity index (χ4n) is 1.17. The Morgan fingerprint density at radius 1 is 1.29 bits per heavy atom. The molecule has 0 spiro atoms. The zero-order chi connectivity index (χ0) is 12.5.